The fourth-order valence-corrected chi connectivity index (χ4v) is 4.30. The molecule has 9 heteroatoms. The van der Waals surface area contributed by atoms with Crippen molar-refractivity contribution in [2.24, 2.45) is 5.92 Å². The lowest BCUT2D eigenvalue weighted by atomic mass is 9.96. The quantitative estimate of drug-likeness (QED) is 0.438. The Morgan fingerprint density at radius 1 is 1.13 bits per heavy atom. The lowest BCUT2D eigenvalue weighted by molar-refractivity contribution is -0.00682. The molecule has 9 nitrogen and oxygen atoms in total. The van der Waals surface area contributed by atoms with Crippen molar-refractivity contribution in [1.82, 2.24) is 25.5 Å². The first-order valence-corrected chi connectivity index (χ1v) is 10.8. The van der Waals surface area contributed by atoms with E-state index < -0.39 is 0 Å². The van der Waals surface area contributed by atoms with E-state index in [1.54, 1.807) is 6.26 Å². The summed E-state index contributed by atoms with van der Waals surface area (Å²) in [7, 11) is 0. The van der Waals surface area contributed by atoms with Crippen LogP contribution in [-0.4, -0.2) is 59.1 Å². The third-order valence-corrected chi connectivity index (χ3v) is 6.23. The highest BCUT2D eigenvalue weighted by Gasteiger charge is 2.25. The standard InChI is InChI=1S/C22H25N7O2/c1-2-16(9-19-15(1)11-24-28-19)25-22-26-18-5-8-31-20(18)21(27-22)29-6-3-14(4-7-29)10-23-17-12-30-13-17/h1-2,5,8-9,11,14,17,23H,3-4,6-7,10,12-13H2,(H,24,28)(H,25,26,27). The Morgan fingerprint density at radius 2 is 2.03 bits per heavy atom. The molecule has 0 saturated carbocycles. The summed E-state index contributed by atoms with van der Waals surface area (Å²) in [6.45, 7) is 4.67. The van der Waals surface area contributed by atoms with Gasteiger partial charge in [-0.3, -0.25) is 5.10 Å². The number of ether oxygens (including phenoxy) is 1. The number of aromatic nitrogens is 4. The van der Waals surface area contributed by atoms with Crippen molar-refractivity contribution in [1.29, 1.82) is 0 Å². The Morgan fingerprint density at radius 3 is 2.87 bits per heavy atom. The molecule has 0 bridgehead atoms. The molecule has 0 unspecified atom stereocenters. The molecule has 6 rings (SSSR count). The van der Waals surface area contributed by atoms with Crippen molar-refractivity contribution < 1.29 is 9.15 Å². The normalized spacial score (nSPS) is 18.0. The number of aromatic amines is 1. The molecule has 0 radical (unpaired) electrons. The van der Waals surface area contributed by atoms with Gasteiger partial charge in [-0.05, 0) is 43.5 Å². The lowest BCUT2D eigenvalue weighted by Gasteiger charge is -2.35. The maximum atomic E-state index is 5.75. The van der Waals surface area contributed by atoms with Gasteiger partial charge in [0.25, 0.3) is 0 Å². The lowest BCUT2D eigenvalue weighted by Crippen LogP contribution is -2.48. The molecule has 31 heavy (non-hydrogen) atoms. The summed E-state index contributed by atoms with van der Waals surface area (Å²) < 4.78 is 11.0. The third kappa shape index (κ3) is 3.70. The smallest absolute Gasteiger partial charge is 0.229 e. The summed E-state index contributed by atoms with van der Waals surface area (Å²) in [5.41, 5.74) is 3.44. The zero-order chi connectivity index (χ0) is 20.6. The van der Waals surface area contributed by atoms with E-state index >= 15 is 0 Å². The van der Waals surface area contributed by atoms with Crippen LogP contribution < -0.4 is 15.5 Å². The van der Waals surface area contributed by atoms with Gasteiger partial charge in [-0.2, -0.15) is 10.1 Å². The van der Waals surface area contributed by atoms with Gasteiger partial charge >= 0.3 is 0 Å². The summed E-state index contributed by atoms with van der Waals surface area (Å²) in [6.07, 6.45) is 5.75. The third-order valence-electron chi connectivity index (χ3n) is 6.23. The predicted molar refractivity (Wildman–Crippen MR) is 119 cm³/mol. The first kappa shape index (κ1) is 18.6. The molecule has 2 saturated heterocycles. The van der Waals surface area contributed by atoms with Crippen LogP contribution in [0.5, 0.6) is 0 Å². The van der Waals surface area contributed by atoms with Crippen molar-refractivity contribution in [2.45, 2.75) is 18.9 Å². The molecule has 0 atom stereocenters. The van der Waals surface area contributed by atoms with Crippen LogP contribution in [0.4, 0.5) is 17.5 Å². The van der Waals surface area contributed by atoms with Crippen molar-refractivity contribution >= 4 is 39.5 Å². The Bertz CT molecular complexity index is 1190. The van der Waals surface area contributed by atoms with Gasteiger partial charge in [0.1, 0.15) is 5.52 Å². The molecular weight excluding hydrogens is 394 g/mol. The van der Waals surface area contributed by atoms with Gasteiger partial charge < -0.3 is 24.7 Å². The number of nitrogens with zero attached hydrogens (tertiary/aromatic N) is 4. The number of H-pyrrole nitrogens is 1. The number of hydrogen-bond donors (Lipinski definition) is 3. The van der Waals surface area contributed by atoms with E-state index in [1.165, 1.54) is 0 Å². The van der Waals surface area contributed by atoms with Gasteiger partial charge in [0.15, 0.2) is 11.4 Å². The van der Waals surface area contributed by atoms with Gasteiger partial charge in [-0.1, -0.05) is 0 Å². The average molecular weight is 419 g/mol. The highest BCUT2D eigenvalue weighted by Crippen LogP contribution is 2.31. The van der Waals surface area contributed by atoms with E-state index in [2.05, 4.69) is 30.7 Å². The van der Waals surface area contributed by atoms with Crippen LogP contribution in [0.1, 0.15) is 12.8 Å². The summed E-state index contributed by atoms with van der Waals surface area (Å²) in [5.74, 6) is 2.11. The number of hydrogen-bond acceptors (Lipinski definition) is 8. The highest BCUT2D eigenvalue weighted by atomic mass is 16.5. The zero-order valence-corrected chi connectivity index (χ0v) is 17.2. The summed E-state index contributed by atoms with van der Waals surface area (Å²) in [4.78, 5) is 11.8. The number of rotatable bonds is 6. The summed E-state index contributed by atoms with van der Waals surface area (Å²) in [6, 6.07) is 8.47. The van der Waals surface area contributed by atoms with Gasteiger partial charge in [-0.15, -0.1) is 0 Å². The Labute approximate surface area is 179 Å². The molecule has 1 aromatic carbocycles. The van der Waals surface area contributed by atoms with Crippen molar-refractivity contribution in [3.05, 3.63) is 36.7 Å². The van der Waals surface area contributed by atoms with E-state index in [1.807, 2.05) is 30.5 Å². The van der Waals surface area contributed by atoms with Crippen molar-refractivity contribution in [2.75, 3.05) is 43.1 Å². The topological polar surface area (TPSA) is 104 Å². The van der Waals surface area contributed by atoms with Gasteiger partial charge in [0.2, 0.25) is 5.95 Å². The molecule has 3 aromatic heterocycles. The van der Waals surface area contributed by atoms with E-state index in [-0.39, 0.29) is 0 Å². The van der Waals surface area contributed by atoms with E-state index in [0.717, 1.165) is 79.2 Å². The maximum absolute atomic E-state index is 5.75. The minimum Gasteiger partial charge on any atom is -0.459 e. The van der Waals surface area contributed by atoms with Crippen LogP contribution in [0.15, 0.2) is 41.1 Å². The molecule has 0 spiro atoms. The molecule has 5 heterocycles. The molecule has 2 aliphatic heterocycles. The van der Waals surface area contributed by atoms with E-state index in [4.69, 9.17) is 14.1 Å². The number of anilines is 3. The fourth-order valence-electron chi connectivity index (χ4n) is 4.30. The van der Waals surface area contributed by atoms with Crippen molar-refractivity contribution in [3.63, 3.8) is 0 Å². The number of fused-ring (bicyclic) bond motifs is 2. The van der Waals surface area contributed by atoms with E-state index in [9.17, 15) is 0 Å². The Kier molecular flexibility index (Phi) is 4.69. The first-order chi connectivity index (χ1) is 15.3. The molecule has 4 aromatic rings. The number of benzene rings is 1. The molecule has 160 valence electrons. The SMILES string of the molecule is c1cc2nc(Nc3ccc4cn[nH]c4c3)nc(N3CCC(CNC4COC4)CC3)c2o1. The Balaban J connectivity index is 1.20. The van der Waals surface area contributed by atoms with Crippen LogP contribution in [0.3, 0.4) is 0 Å². The molecule has 2 aliphatic rings. The molecular formula is C22H25N7O2. The van der Waals surface area contributed by atoms with Crippen LogP contribution in [0.2, 0.25) is 0 Å². The minimum atomic E-state index is 0.539. The maximum Gasteiger partial charge on any atom is 0.229 e. The summed E-state index contributed by atoms with van der Waals surface area (Å²) in [5, 5.41) is 15.1. The van der Waals surface area contributed by atoms with Gasteiger partial charge in [-0.25, -0.2) is 4.98 Å². The second-order valence-corrected chi connectivity index (χ2v) is 8.38. The Hall–Kier alpha value is -3.17. The van der Waals surface area contributed by atoms with Gasteiger partial charge in [0.05, 0.1) is 37.2 Å². The first-order valence-electron chi connectivity index (χ1n) is 10.8. The largest absolute Gasteiger partial charge is 0.459 e. The summed E-state index contributed by atoms with van der Waals surface area (Å²) >= 11 is 0. The van der Waals surface area contributed by atoms with Crippen molar-refractivity contribution in [3.8, 4) is 0 Å². The average Bonchev–Trinajstić information content (AvgIpc) is 3.41. The molecule has 0 amide bonds. The van der Waals surface area contributed by atoms with E-state index in [0.29, 0.717) is 17.9 Å². The second kappa shape index (κ2) is 7.82. The number of piperidine rings is 1. The molecule has 0 aliphatic carbocycles. The molecule has 3 N–H and O–H groups in total. The second-order valence-electron chi connectivity index (χ2n) is 8.38. The monoisotopic (exact) mass is 419 g/mol. The number of nitrogens with one attached hydrogen (secondary N) is 3. The van der Waals surface area contributed by atoms with Crippen LogP contribution in [0, 0.1) is 5.92 Å². The molecule has 2 fully saturated rings. The number of furan rings is 1. The van der Waals surface area contributed by atoms with Crippen LogP contribution >= 0.6 is 0 Å². The fraction of sp³-hybridized carbons (Fsp3) is 0.409. The minimum absolute atomic E-state index is 0.539. The van der Waals surface area contributed by atoms with Crippen LogP contribution in [-0.2, 0) is 4.74 Å². The van der Waals surface area contributed by atoms with Gasteiger partial charge in [0, 0.05) is 30.2 Å². The predicted octanol–water partition coefficient (Wildman–Crippen LogP) is 3.05. The van der Waals surface area contributed by atoms with Crippen LogP contribution in [0.25, 0.3) is 22.0 Å². The zero-order valence-electron chi connectivity index (χ0n) is 17.2. The highest BCUT2D eigenvalue weighted by molar-refractivity contribution is 5.86.